The highest BCUT2D eigenvalue weighted by Crippen LogP contribution is 2.40. The maximum Gasteiger partial charge on any atom is 0.143 e. The Balaban J connectivity index is 1.30. The van der Waals surface area contributed by atoms with Crippen molar-refractivity contribution in [3.63, 3.8) is 0 Å². The molecule has 0 radical (unpaired) electrons. The monoisotopic (exact) mass is 524 g/mol. The topological polar surface area (TPSA) is 13.1 Å². The van der Waals surface area contributed by atoms with Gasteiger partial charge in [0.1, 0.15) is 11.2 Å². The molecule has 8 aromatic carbocycles. The second-order valence-corrected chi connectivity index (χ2v) is 10.6. The second-order valence-electron chi connectivity index (χ2n) is 10.6. The molecule has 0 N–H and O–H groups in total. The predicted octanol–water partition coefficient (Wildman–Crippen LogP) is 11.5. The highest BCUT2D eigenvalue weighted by atomic mass is 16.3. The Morgan fingerprint density at radius 1 is 0.415 bits per heavy atom. The molecule has 1 heteroatoms. The van der Waals surface area contributed by atoms with Gasteiger partial charge in [-0.2, -0.15) is 0 Å². The van der Waals surface area contributed by atoms with Crippen molar-refractivity contribution >= 4 is 65.0 Å². The van der Waals surface area contributed by atoms with Gasteiger partial charge in [-0.1, -0.05) is 121 Å². The van der Waals surface area contributed by atoms with Gasteiger partial charge in [0.15, 0.2) is 0 Å². The first kappa shape index (κ1) is 18.8. The van der Waals surface area contributed by atoms with Crippen LogP contribution in [0.4, 0.5) is 0 Å². The summed E-state index contributed by atoms with van der Waals surface area (Å²) in [5.74, 6) is 0. The first-order valence-electron chi connectivity index (χ1n) is 15.8. The van der Waals surface area contributed by atoms with E-state index >= 15 is 0 Å². The molecule has 0 saturated heterocycles. The average Bonchev–Trinajstić information content (AvgIpc) is 3.47. The van der Waals surface area contributed by atoms with Crippen molar-refractivity contribution in [1.82, 2.24) is 0 Å². The normalized spacial score (nSPS) is 13.3. The van der Waals surface area contributed by atoms with E-state index in [9.17, 15) is 5.48 Å². The fourth-order valence-electron chi connectivity index (χ4n) is 6.34. The first-order chi connectivity index (χ1) is 22.0. The van der Waals surface area contributed by atoms with E-state index in [1.807, 2.05) is 78.9 Å². The van der Waals surface area contributed by atoms with Gasteiger partial charge in [0.25, 0.3) is 0 Å². The molecular formula is C40H24O. The largest absolute Gasteiger partial charge is 0.455 e. The van der Waals surface area contributed by atoms with Crippen molar-refractivity contribution in [2.24, 2.45) is 0 Å². The Morgan fingerprint density at radius 3 is 1.85 bits per heavy atom. The van der Waals surface area contributed by atoms with Crippen LogP contribution in [0.3, 0.4) is 0 Å². The Kier molecular flexibility index (Phi) is 3.92. The van der Waals surface area contributed by atoms with Crippen molar-refractivity contribution in [3.05, 3.63) is 145 Å². The highest BCUT2D eigenvalue weighted by Gasteiger charge is 2.15. The lowest BCUT2D eigenvalue weighted by Crippen LogP contribution is -1.85. The van der Waals surface area contributed by atoms with Gasteiger partial charge in [-0.15, -0.1) is 0 Å². The summed E-state index contributed by atoms with van der Waals surface area (Å²) in [5.41, 5.74) is 3.28. The highest BCUT2D eigenvalue weighted by molar-refractivity contribution is 6.19. The zero-order valence-corrected chi connectivity index (χ0v) is 22.0. The van der Waals surface area contributed by atoms with E-state index in [-0.39, 0.29) is 29.7 Å². The summed E-state index contributed by atoms with van der Waals surface area (Å²) in [6, 6.07) is 40.1. The molecule has 190 valence electrons. The molecule has 9 aromatic rings. The van der Waals surface area contributed by atoms with Crippen LogP contribution in [0.5, 0.6) is 0 Å². The number of fused-ring (bicyclic) bond motifs is 9. The molecule has 0 aliphatic rings. The van der Waals surface area contributed by atoms with Crippen LogP contribution >= 0.6 is 0 Å². The molecular weight excluding hydrogens is 496 g/mol. The SMILES string of the molecule is [2H]c1c([2H])c(-c2cccc3oc4c5ccccc5ccc4c23)c([2H])c([2H])c1-c1cccc2cc3c(ccc4ccccc43)cc12. The summed E-state index contributed by atoms with van der Waals surface area (Å²) in [6.07, 6.45) is 0. The minimum atomic E-state index is -0.0718. The number of hydrogen-bond donors (Lipinski definition) is 0. The van der Waals surface area contributed by atoms with Crippen molar-refractivity contribution in [2.45, 2.75) is 0 Å². The molecule has 0 aliphatic carbocycles. The van der Waals surface area contributed by atoms with E-state index in [1.54, 1.807) is 0 Å². The molecule has 1 nitrogen and oxygen atoms in total. The summed E-state index contributed by atoms with van der Waals surface area (Å²) in [5, 5.41) is 10.1. The molecule has 0 atom stereocenters. The minimum Gasteiger partial charge on any atom is -0.455 e. The summed E-state index contributed by atoms with van der Waals surface area (Å²) < 4.78 is 43.3. The molecule has 9 rings (SSSR count). The summed E-state index contributed by atoms with van der Waals surface area (Å²) in [6.45, 7) is 0. The summed E-state index contributed by atoms with van der Waals surface area (Å²) >= 11 is 0. The lowest BCUT2D eigenvalue weighted by molar-refractivity contribution is 0.673. The molecule has 0 spiro atoms. The van der Waals surface area contributed by atoms with E-state index < -0.39 is 0 Å². The van der Waals surface area contributed by atoms with Gasteiger partial charge in [0.05, 0.1) is 5.48 Å². The van der Waals surface area contributed by atoms with Crippen molar-refractivity contribution < 1.29 is 9.90 Å². The Morgan fingerprint density at radius 2 is 1.00 bits per heavy atom. The number of benzene rings is 8. The zero-order valence-electron chi connectivity index (χ0n) is 26.0. The fourth-order valence-corrected chi connectivity index (χ4v) is 6.34. The number of rotatable bonds is 2. The minimum absolute atomic E-state index is 0.0626. The maximum atomic E-state index is 9.24. The molecule has 0 saturated carbocycles. The van der Waals surface area contributed by atoms with Crippen LogP contribution in [0.1, 0.15) is 5.48 Å². The number of furan rings is 1. The first-order valence-corrected chi connectivity index (χ1v) is 13.8. The molecule has 1 heterocycles. The molecule has 0 unspecified atom stereocenters. The maximum absolute atomic E-state index is 9.24. The predicted molar refractivity (Wildman–Crippen MR) is 175 cm³/mol. The average molecular weight is 525 g/mol. The standard InChI is InChI=1S/C40H24O/c1-3-10-31-25(7-1)19-20-30-24-36-29(23-37(30)31)9-5-12-32(36)27-15-17-28(18-16-27)33-13-6-14-38-39(33)35-22-21-26-8-2-4-11-34(26)40(35)41-38/h1-24H/i15D,16D,17D,18D. The third kappa shape index (κ3) is 3.36. The fraction of sp³-hybridized carbons (Fsp3) is 0. The quantitative estimate of drug-likeness (QED) is 0.162. The Labute approximate surface area is 242 Å². The van der Waals surface area contributed by atoms with E-state index in [0.717, 1.165) is 48.7 Å². The van der Waals surface area contributed by atoms with Gasteiger partial charge in [-0.3, -0.25) is 0 Å². The summed E-state index contributed by atoms with van der Waals surface area (Å²) in [4.78, 5) is 0. The molecule has 1 aromatic heterocycles. The van der Waals surface area contributed by atoms with E-state index in [2.05, 4.69) is 42.5 Å². The van der Waals surface area contributed by atoms with Gasteiger partial charge >= 0.3 is 0 Å². The molecule has 41 heavy (non-hydrogen) atoms. The van der Waals surface area contributed by atoms with Gasteiger partial charge < -0.3 is 4.42 Å². The van der Waals surface area contributed by atoms with Crippen LogP contribution in [-0.2, 0) is 0 Å². The number of hydrogen-bond acceptors (Lipinski definition) is 1. The van der Waals surface area contributed by atoms with Crippen LogP contribution in [0.2, 0.25) is 0 Å². The lowest BCUT2D eigenvalue weighted by Gasteiger charge is -2.11. The smallest absolute Gasteiger partial charge is 0.143 e. The van der Waals surface area contributed by atoms with Crippen LogP contribution in [-0.4, -0.2) is 0 Å². The lowest BCUT2D eigenvalue weighted by atomic mass is 9.92. The van der Waals surface area contributed by atoms with Gasteiger partial charge in [-0.05, 0) is 84.2 Å². The van der Waals surface area contributed by atoms with Crippen LogP contribution in [0, 0.1) is 0 Å². The van der Waals surface area contributed by atoms with Crippen LogP contribution in [0.15, 0.2) is 150 Å². The van der Waals surface area contributed by atoms with Crippen molar-refractivity contribution in [1.29, 1.82) is 0 Å². The molecule has 0 amide bonds. The van der Waals surface area contributed by atoms with E-state index in [0.29, 0.717) is 22.3 Å². The van der Waals surface area contributed by atoms with E-state index in [1.165, 1.54) is 10.8 Å². The summed E-state index contributed by atoms with van der Waals surface area (Å²) in [7, 11) is 0. The molecule has 0 aliphatic heterocycles. The van der Waals surface area contributed by atoms with E-state index in [4.69, 9.17) is 4.42 Å². The third-order valence-corrected chi connectivity index (χ3v) is 8.29. The molecule has 0 bridgehead atoms. The zero-order chi connectivity index (χ0) is 30.4. The van der Waals surface area contributed by atoms with Crippen molar-refractivity contribution in [2.75, 3.05) is 0 Å². The Bertz CT molecular complexity index is 2680. The van der Waals surface area contributed by atoms with Crippen molar-refractivity contribution in [3.8, 4) is 22.3 Å². The van der Waals surface area contributed by atoms with Crippen LogP contribution < -0.4 is 0 Å². The van der Waals surface area contributed by atoms with Gasteiger partial charge in [0, 0.05) is 16.2 Å². The second kappa shape index (κ2) is 8.55. The third-order valence-electron chi connectivity index (χ3n) is 8.29. The Hall–Kier alpha value is -5.40. The van der Waals surface area contributed by atoms with Gasteiger partial charge in [0.2, 0.25) is 0 Å². The van der Waals surface area contributed by atoms with Gasteiger partial charge in [-0.25, -0.2) is 0 Å². The van der Waals surface area contributed by atoms with Crippen LogP contribution in [0.25, 0.3) is 87.3 Å². The molecule has 0 fully saturated rings.